The molecule has 0 aliphatic heterocycles. The van der Waals surface area contributed by atoms with Crippen molar-refractivity contribution in [1.29, 1.82) is 0 Å². The number of hydrogen-bond acceptors (Lipinski definition) is 4. The molecule has 2 aromatic rings. The first-order chi connectivity index (χ1) is 10.9. The first-order valence-corrected chi connectivity index (χ1v) is 7.24. The van der Waals surface area contributed by atoms with Crippen LogP contribution in [0.25, 0.3) is 0 Å². The van der Waals surface area contributed by atoms with Gasteiger partial charge in [0.2, 0.25) is 0 Å². The van der Waals surface area contributed by atoms with Gasteiger partial charge in [0, 0.05) is 13.1 Å². The molecule has 1 heterocycles. The maximum atomic E-state index is 12.1. The highest BCUT2D eigenvalue weighted by molar-refractivity contribution is 5.88. The van der Waals surface area contributed by atoms with Crippen molar-refractivity contribution in [2.45, 2.75) is 19.9 Å². The van der Waals surface area contributed by atoms with E-state index in [0.29, 0.717) is 17.3 Å². The van der Waals surface area contributed by atoms with Crippen LogP contribution in [0.5, 0.6) is 11.5 Å². The molecule has 23 heavy (non-hydrogen) atoms. The van der Waals surface area contributed by atoms with Crippen LogP contribution in [0.1, 0.15) is 24.2 Å². The Balaban J connectivity index is 2.05. The number of benzene rings is 1. The first-order valence-electron chi connectivity index (χ1n) is 7.24. The predicted octanol–water partition coefficient (Wildman–Crippen LogP) is 2.63. The number of methoxy groups -OCH3 is 2. The zero-order valence-corrected chi connectivity index (χ0v) is 14.0. The lowest BCUT2D eigenvalue weighted by atomic mass is 10.1. The fourth-order valence-corrected chi connectivity index (χ4v) is 2.28. The van der Waals surface area contributed by atoms with E-state index in [2.05, 4.69) is 15.7 Å². The van der Waals surface area contributed by atoms with Gasteiger partial charge in [0.1, 0.15) is 5.82 Å². The second-order valence-electron chi connectivity index (χ2n) is 5.23. The minimum Gasteiger partial charge on any atom is -0.493 e. The van der Waals surface area contributed by atoms with Crippen LogP contribution in [0.15, 0.2) is 24.3 Å². The van der Waals surface area contributed by atoms with Gasteiger partial charge in [0.05, 0.1) is 26.0 Å². The Morgan fingerprint density at radius 3 is 2.48 bits per heavy atom. The molecule has 0 saturated heterocycles. The lowest BCUT2D eigenvalue weighted by Gasteiger charge is -2.17. The Labute approximate surface area is 135 Å². The third kappa shape index (κ3) is 3.94. The van der Waals surface area contributed by atoms with Gasteiger partial charge in [-0.3, -0.25) is 10.00 Å². The van der Waals surface area contributed by atoms with Gasteiger partial charge in [0.15, 0.2) is 11.5 Å². The van der Waals surface area contributed by atoms with Crippen LogP contribution in [0.4, 0.5) is 10.6 Å². The lowest BCUT2D eigenvalue weighted by molar-refractivity contribution is 0.249. The van der Waals surface area contributed by atoms with E-state index < -0.39 is 0 Å². The molecule has 1 atom stereocenters. The molecule has 1 aromatic heterocycles. The summed E-state index contributed by atoms with van der Waals surface area (Å²) in [6.07, 6.45) is 0. The normalized spacial score (nSPS) is 11.7. The van der Waals surface area contributed by atoms with Crippen LogP contribution >= 0.6 is 0 Å². The van der Waals surface area contributed by atoms with Crippen molar-refractivity contribution in [1.82, 2.24) is 15.1 Å². The zero-order chi connectivity index (χ0) is 17.0. The Kier molecular flexibility index (Phi) is 5.10. The maximum Gasteiger partial charge on any atom is 0.320 e. The summed E-state index contributed by atoms with van der Waals surface area (Å²) in [6, 6.07) is 6.87. The standard InChI is InChI=1S/C16H22N4O3/c1-10-8-15(20(3)19-10)18-16(21)17-11(2)12-6-7-13(22-4)14(9-12)23-5/h6-9,11H,1-5H3,(H2,17,18,21)/t11-/m1/s1. The highest BCUT2D eigenvalue weighted by Gasteiger charge is 2.14. The summed E-state index contributed by atoms with van der Waals surface area (Å²) < 4.78 is 12.1. The minimum atomic E-state index is -0.296. The summed E-state index contributed by atoms with van der Waals surface area (Å²) in [6.45, 7) is 3.77. The molecule has 2 amide bonds. The Morgan fingerprint density at radius 2 is 1.91 bits per heavy atom. The number of nitrogens with zero attached hydrogens (tertiary/aromatic N) is 2. The van der Waals surface area contributed by atoms with E-state index in [4.69, 9.17) is 9.47 Å². The number of nitrogens with one attached hydrogen (secondary N) is 2. The topological polar surface area (TPSA) is 77.4 Å². The minimum absolute atomic E-state index is 0.191. The van der Waals surface area contributed by atoms with Crippen molar-refractivity contribution in [2.75, 3.05) is 19.5 Å². The molecule has 1 aromatic carbocycles. The van der Waals surface area contributed by atoms with Gasteiger partial charge in [-0.15, -0.1) is 0 Å². The molecule has 0 radical (unpaired) electrons. The smallest absolute Gasteiger partial charge is 0.320 e. The summed E-state index contributed by atoms with van der Waals surface area (Å²) in [4.78, 5) is 12.1. The van der Waals surface area contributed by atoms with Crippen molar-refractivity contribution in [3.63, 3.8) is 0 Å². The van der Waals surface area contributed by atoms with E-state index in [0.717, 1.165) is 11.3 Å². The van der Waals surface area contributed by atoms with E-state index in [1.807, 2.05) is 32.0 Å². The van der Waals surface area contributed by atoms with Gasteiger partial charge in [-0.1, -0.05) is 6.07 Å². The molecule has 0 saturated carbocycles. The molecular formula is C16H22N4O3. The maximum absolute atomic E-state index is 12.1. The Bertz CT molecular complexity index is 697. The Hall–Kier alpha value is -2.70. The summed E-state index contributed by atoms with van der Waals surface area (Å²) in [5, 5.41) is 9.85. The molecule has 0 bridgehead atoms. The largest absolute Gasteiger partial charge is 0.493 e. The van der Waals surface area contributed by atoms with E-state index in [1.165, 1.54) is 0 Å². The van der Waals surface area contributed by atoms with Crippen LogP contribution in [0.3, 0.4) is 0 Å². The zero-order valence-electron chi connectivity index (χ0n) is 14.0. The number of ether oxygens (including phenoxy) is 2. The summed E-state index contributed by atoms with van der Waals surface area (Å²) >= 11 is 0. The van der Waals surface area contributed by atoms with Crippen molar-refractivity contribution < 1.29 is 14.3 Å². The number of urea groups is 1. The van der Waals surface area contributed by atoms with E-state index in [9.17, 15) is 4.79 Å². The number of aromatic nitrogens is 2. The fraction of sp³-hybridized carbons (Fsp3) is 0.375. The molecule has 124 valence electrons. The third-order valence-corrected chi connectivity index (χ3v) is 3.50. The fourth-order valence-electron chi connectivity index (χ4n) is 2.28. The number of anilines is 1. The highest BCUT2D eigenvalue weighted by Crippen LogP contribution is 2.29. The molecule has 0 spiro atoms. The third-order valence-electron chi connectivity index (χ3n) is 3.50. The van der Waals surface area contributed by atoms with Gasteiger partial charge in [-0.2, -0.15) is 5.10 Å². The molecule has 2 N–H and O–H groups in total. The van der Waals surface area contributed by atoms with E-state index in [1.54, 1.807) is 32.0 Å². The SMILES string of the molecule is COc1ccc([C@@H](C)NC(=O)Nc2cc(C)nn2C)cc1OC. The average molecular weight is 318 g/mol. The number of amides is 2. The summed E-state index contributed by atoms with van der Waals surface area (Å²) in [5.74, 6) is 1.92. The van der Waals surface area contributed by atoms with Crippen LogP contribution in [0.2, 0.25) is 0 Å². The van der Waals surface area contributed by atoms with Crippen LogP contribution in [-0.4, -0.2) is 30.0 Å². The average Bonchev–Trinajstić information content (AvgIpc) is 2.83. The molecule has 2 rings (SSSR count). The number of carbonyl (C=O) groups excluding carboxylic acids is 1. The molecule has 0 unspecified atom stereocenters. The molecule has 0 fully saturated rings. The first kappa shape index (κ1) is 16.7. The highest BCUT2D eigenvalue weighted by atomic mass is 16.5. The van der Waals surface area contributed by atoms with Crippen molar-refractivity contribution >= 4 is 11.8 Å². The number of hydrogen-bond donors (Lipinski definition) is 2. The quantitative estimate of drug-likeness (QED) is 0.888. The van der Waals surface area contributed by atoms with Crippen LogP contribution in [-0.2, 0) is 7.05 Å². The van der Waals surface area contributed by atoms with E-state index >= 15 is 0 Å². The van der Waals surface area contributed by atoms with Crippen LogP contribution in [0, 0.1) is 6.92 Å². The number of carbonyl (C=O) groups is 1. The number of aryl methyl sites for hydroxylation is 2. The Morgan fingerprint density at radius 1 is 1.22 bits per heavy atom. The van der Waals surface area contributed by atoms with Gasteiger partial charge in [-0.05, 0) is 31.5 Å². The summed E-state index contributed by atoms with van der Waals surface area (Å²) in [7, 11) is 4.94. The predicted molar refractivity (Wildman–Crippen MR) is 88.1 cm³/mol. The van der Waals surface area contributed by atoms with Crippen LogP contribution < -0.4 is 20.1 Å². The molecular weight excluding hydrogens is 296 g/mol. The lowest BCUT2D eigenvalue weighted by Crippen LogP contribution is -2.31. The molecule has 0 aliphatic rings. The number of rotatable bonds is 5. The monoisotopic (exact) mass is 318 g/mol. The second kappa shape index (κ2) is 7.04. The molecule has 7 nitrogen and oxygen atoms in total. The van der Waals surface area contributed by atoms with Gasteiger partial charge < -0.3 is 14.8 Å². The van der Waals surface area contributed by atoms with Gasteiger partial charge in [0.25, 0.3) is 0 Å². The van der Waals surface area contributed by atoms with Gasteiger partial charge in [-0.25, -0.2) is 4.79 Å². The van der Waals surface area contributed by atoms with Gasteiger partial charge >= 0.3 is 6.03 Å². The van der Waals surface area contributed by atoms with E-state index in [-0.39, 0.29) is 12.1 Å². The molecule has 0 aliphatic carbocycles. The van der Waals surface area contributed by atoms with Crippen molar-refractivity contribution in [3.8, 4) is 11.5 Å². The van der Waals surface area contributed by atoms with Crippen molar-refractivity contribution in [2.24, 2.45) is 7.05 Å². The second-order valence-corrected chi connectivity index (χ2v) is 5.23. The van der Waals surface area contributed by atoms with Crippen molar-refractivity contribution in [3.05, 3.63) is 35.5 Å². The molecule has 7 heteroatoms. The summed E-state index contributed by atoms with van der Waals surface area (Å²) in [5.41, 5.74) is 1.76.